The van der Waals surface area contributed by atoms with Crippen molar-refractivity contribution in [2.75, 3.05) is 7.11 Å². The molecule has 1 atom stereocenters. The van der Waals surface area contributed by atoms with E-state index in [2.05, 4.69) is 15.4 Å². The maximum Gasteiger partial charge on any atom is 0.387 e. The number of thiocarbonyl (C=S) groups is 1. The molecule has 0 aromatic heterocycles. The highest BCUT2D eigenvalue weighted by molar-refractivity contribution is 7.80. The lowest BCUT2D eigenvalue weighted by molar-refractivity contribution is -0.136. The number of benzene rings is 1. The summed E-state index contributed by atoms with van der Waals surface area (Å²) in [6.45, 7) is -1.24. The minimum absolute atomic E-state index is 0.000574. The van der Waals surface area contributed by atoms with Crippen molar-refractivity contribution < 1.29 is 23.0 Å². The standard InChI is InChI=1S/C14H14F2N2O3S/c1-7-10(12(19)20-2)11(18-14(22)17-7)8-4-3-5-9(6-8)21-13(15)16/h3-6,11,13H,1-2H3,(H2,17,18,22)/t11-/m0/s1. The fourth-order valence-electron chi connectivity index (χ4n) is 2.19. The van der Waals surface area contributed by atoms with Crippen molar-refractivity contribution in [1.82, 2.24) is 10.6 Å². The lowest BCUT2D eigenvalue weighted by Gasteiger charge is -2.29. The molecular formula is C14H14F2N2O3S. The van der Waals surface area contributed by atoms with Crippen LogP contribution in [-0.2, 0) is 9.53 Å². The van der Waals surface area contributed by atoms with Gasteiger partial charge in [0, 0.05) is 5.70 Å². The minimum Gasteiger partial charge on any atom is -0.466 e. The van der Waals surface area contributed by atoms with Gasteiger partial charge in [-0.05, 0) is 36.8 Å². The van der Waals surface area contributed by atoms with E-state index in [9.17, 15) is 13.6 Å². The average Bonchev–Trinajstić information content (AvgIpc) is 2.45. The molecule has 0 fully saturated rings. The van der Waals surface area contributed by atoms with Crippen molar-refractivity contribution in [3.05, 3.63) is 41.1 Å². The topological polar surface area (TPSA) is 59.6 Å². The van der Waals surface area contributed by atoms with Gasteiger partial charge in [0.2, 0.25) is 0 Å². The first-order valence-corrected chi connectivity index (χ1v) is 6.74. The highest BCUT2D eigenvalue weighted by Crippen LogP contribution is 2.29. The Morgan fingerprint density at radius 1 is 1.41 bits per heavy atom. The third-order valence-corrected chi connectivity index (χ3v) is 3.31. The van der Waals surface area contributed by atoms with Crippen LogP contribution in [0.2, 0.25) is 0 Å². The Bertz CT molecular complexity index is 634. The van der Waals surface area contributed by atoms with Crippen LogP contribution in [0.1, 0.15) is 18.5 Å². The Hall–Kier alpha value is -2.22. The van der Waals surface area contributed by atoms with Crippen LogP contribution in [0.3, 0.4) is 0 Å². The Labute approximate surface area is 131 Å². The lowest BCUT2D eigenvalue weighted by atomic mass is 9.95. The highest BCUT2D eigenvalue weighted by Gasteiger charge is 2.30. The normalized spacial score (nSPS) is 17.9. The fourth-order valence-corrected chi connectivity index (χ4v) is 2.47. The smallest absolute Gasteiger partial charge is 0.387 e. The number of carbonyl (C=O) groups excluding carboxylic acids is 1. The van der Waals surface area contributed by atoms with Crippen molar-refractivity contribution >= 4 is 23.3 Å². The molecule has 1 heterocycles. The largest absolute Gasteiger partial charge is 0.466 e. The predicted octanol–water partition coefficient (Wildman–Crippen LogP) is 2.25. The molecule has 118 valence electrons. The van der Waals surface area contributed by atoms with Crippen LogP contribution in [0.5, 0.6) is 5.75 Å². The zero-order valence-corrected chi connectivity index (χ0v) is 12.7. The molecular weight excluding hydrogens is 314 g/mol. The number of methoxy groups -OCH3 is 1. The van der Waals surface area contributed by atoms with E-state index in [1.165, 1.54) is 19.2 Å². The van der Waals surface area contributed by atoms with E-state index in [4.69, 9.17) is 17.0 Å². The summed E-state index contributed by atoms with van der Waals surface area (Å²) in [6, 6.07) is 5.46. The average molecular weight is 328 g/mol. The van der Waals surface area contributed by atoms with Crippen LogP contribution in [0.4, 0.5) is 8.78 Å². The monoisotopic (exact) mass is 328 g/mol. The van der Waals surface area contributed by atoms with Gasteiger partial charge in [0.05, 0.1) is 18.7 Å². The van der Waals surface area contributed by atoms with E-state index < -0.39 is 18.6 Å². The van der Waals surface area contributed by atoms with Crippen molar-refractivity contribution in [3.63, 3.8) is 0 Å². The number of esters is 1. The van der Waals surface area contributed by atoms with Crippen LogP contribution in [0.25, 0.3) is 0 Å². The molecule has 1 aromatic carbocycles. The first kappa shape index (κ1) is 16.2. The van der Waals surface area contributed by atoms with Gasteiger partial charge in [0.1, 0.15) is 5.75 Å². The molecule has 2 N–H and O–H groups in total. The lowest BCUT2D eigenvalue weighted by Crippen LogP contribution is -2.45. The number of rotatable bonds is 4. The second-order valence-corrected chi connectivity index (χ2v) is 4.92. The molecule has 1 aromatic rings. The number of nitrogens with one attached hydrogen (secondary N) is 2. The molecule has 0 bridgehead atoms. The van der Waals surface area contributed by atoms with Gasteiger partial charge in [-0.1, -0.05) is 12.1 Å². The quantitative estimate of drug-likeness (QED) is 0.653. The van der Waals surface area contributed by atoms with Gasteiger partial charge in [0.15, 0.2) is 5.11 Å². The first-order valence-electron chi connectivity index (χ1n) is 6.33. The van der Waals surface area contributed by atoms with Crippen molar-refractivity contribution in [2.24, 2.45) is 0 Å². The number of ether oxygens (including phenoxy) is 2. The van der Waals surface area contributed by atoms with Gasteiger partial charge in [-0.3, -0.25) is 0 Å². The molecule has 1 aliphatic rings. The van der Waals surface area contributed by atoms with Gasteiger partial charge in [0.25, 0.3) is 0 Å². The van der Waals surface area contributed by atoms with Gasteiger partial charge >= 0.3 is 12.6 Å². The predicted molar refractivity (Wildman–Crippen MR) is 79.4 cm³/mol. The maximum absolute atomic E-state index is 12.3. The van der Waals surface area contributed by atoms with E-state index >= 15 is 0 Å². The van der Waals surface area contributed by atoms with Gasteiger partial charge in [-0.25, -0.2) is 4.79 Å². The van der Waals surface area contributed by atoms with E-state index in [1.807, 2.05) is 0 Å². The molecule has 0 aliphatic carbocycles. The number of hydrogen-bond donors (Lipinski definition) is 2. The molecule has 0 saturated heterocycles. The Morgan fingerprint density at radius 3 is 2.77 bits per heavy atom. The summed E-state index contributed by atoms with van der Waals surface area (Å²) in [4.78, 5) is 12.0. The van der Waals surface area contributed by atoms with Gasteiger partial charge < -0.3 is 20.1 Å². The van der Waals surface area contributed by atoms with Crippen LogP contribution >= 0.6 is 12.2 Å². The molecule has 0 radical (unpaired) electrons. The molecule has 1 aliphatic heterocycles. The summed E-state index contributed by atoms with van der Waals surface area (Å²) in [6.07, 6.45) is 0. The Kier molecular flexibility index (Phi) is 4.92. The molecule has 0 spiro atoms. The number of halogens is 2. The zero-order valence-electron chi connectivity index (χ0n) is 11.9. The second-order valence-electron chi connectivity index (χ2n) is 4.51. The zero-order chi connectivity index (χ0) is 16.3. The number of allylic oxidation sites excluding steroid dienone is 1. The van der Waals surface area contributed by atoms with E-state index in [-0.39, 0.29) is 5.75 Å². The molecule has 8 heteroatoms. The summed E-state index contributed by atoms with van der Waals surface area (Å²) >= 11 is 5.08. The van der Waals surface area contributed by atoms with Crippen LogP contribution in [0.15, 0.2) is 35.5 Å². The number of alkyl halides is 2. The van der Waals surface area contributed by atoms with Crippen LogP contribution in [0, 0.1) is 0 Å². The van der Waals surface area contributed by atoms with Crippen molar-refractivity contribution in [1.29, 1.82) is 0 Å². The maximum atomic E-state index is 12.3. The van der Waals surface area contributed by atoms with E-state index in [1.54, 1.807) is 19.1 Å². The SMILES string of the molecule is COC(=O)C1=C(C)NC(=S)N[C@H]1c1cccc(OC(F)F)c1. The summed E-state index contributed by atoms with van der Waals surface area (Å²) in [5, 5.41) is 6.10. The fraction of sp³-hybridized carbons (Fsp3) is 0.286. The summed E-state index contributed by atoms with van der Waals surface area (Å²) in [5.41, 5.74) is 1.42. The Morgan fingerprint density at radius 2 is 2.14 bits per heavy atom. The summed E-state index contributed by atoms with van der Waals surface area (Å²) in [7, 11) is 1.27. The van der Waals surface area contributed by atoms with Crippen LogP contribution in [-0.4, -0.2) is 24.8 Å². The molecule has 0 saturated carbocycles. The number of carbonyl (C=O) groups is 1. The third kappa shape index (κ3) is 3.51. The van der Waals surface area contributed by atoms with E-state index in [0.29, 0.717) is 21.9 Å². The number of hydrogen-bond acceptors (Lipinski definition) is 4. The highest BCUT2D eigenvalue weighted by atomic mass is 32.1. The third-order valence-electron chi connectivity index (χ3n) is 3.09. The first-order chi connectivity index (χ1) is 10.4. The summed E-state index contributed by atoms with van der Waals surface area (Å²) in [5.74, 6) is -0.536. The van der Waals surface area contributed by atoms with Crippen molar-refractivity contribution in [2.45, 2.75) is 19.6 Å². The molecule has 5 nitrogen and oxygen atoms in total. The molecule has 2 rings (SSSR count). The molecule has 0 unspecified atom stereocenters. The van der Waals surface area contributed by atoms with Gasteiger partial charge in [-0.15, -0.1) is 0 Å². The van der Waals surface area contributed by atoms with Gasteiger partial charge in [-0.2, -0.15) is 8.78 Å². The minimum atomic E-state index is -2.92. The summed E-state index contributed by atoms with van der Waals surface area (Å²) < 4.78 is 33.8. The molecule has 0 amide bonds. The van der Waals surface area contributed by atoms with E-state index in [0.717, 1.165) is 0 Å². The second kappa shape index (κ2) is 6.69. The van der Waals surface area contributed by atoms with Crippen molar-refractivity contribution in [3.8, 4) is 5.75 Å². The molecule has 22 heavy (non-hydrogen) atoms. The Balaban J connectivity index is 2.42. The van der Waals surface area contributed by atoms with Crippen LogP contribution < -0.4 is 15.4 Å².